The van der Waals surface area contributed by atoms with Crippen molar-refractivity contribution >= 4 is 22.1 Å². The molecule has 2 N–H and O–H groups in total. The van der Waals surface area contributed by atoms with Crippen LogP contribution in [0.25, 0.3) is 0 Å². The van der Waals surface area contributed by atoms with Gasteiger partial charge in [0.05, 0.1) is 6.61 Å². The number of rotatable bonds is 3. The van der Waals surface area contributed by atoms with E-state index in [9.17, 15) is 8.42 Å². The molecule has 1 heterocycles. The maximum Gasteiger partial charge on any atom is 0.333 e. The molecule has 0 saturated carbocycles. The molecule has 1 unspecified atom stereocenters. The van der Waals surface area contributed by atoms with E-state index in [1.165, 1.54) is 0 Å². The highest BCUT2D eigenvalue weighted by Crippen LogP contribution is 2.23. The van der Waals surface area contributed by atoms with Crippen molar-refractivity contribution in [3.8, 4) is 0 Å². The van der Waals surface area contributed by atoms with Gasteiger partial charge in [-0.15, -0.1) is 0 Å². The van der Waals surface area contributed by atoms with E-state index in [4.69, 9.17) is 0 Å². The van der Waals surface area contributed by atoms with Crippen molar-refractivity contribution < 1.29 is 12.6 Å². The van der Waals surface area contributed by atoms with Crippen LogP contribution in [0.2, 0.25) is 0 Å². The van der Waals surface area contributed by atoms with Crippen LogP contribution in [0.15, 0.2) is 0 Å². The first-order valence-electron chi connectivity index (χ1n) is 3.33. The molecule has 0 aromatic rings. The van der Waals surface area contributed by atoms with E-state index in [1.54, 1.807) is 0 Å². The molecule has 0 spiro atoms. The van der Waals surface area contributed by atoms with E-state index in [1.807, 2.05) is 11.8 Å². The summed E-state index contributed by atoms with van der Waals surface area (Å²) in [7, 11) is -3.72. The smallest absolute Gasteiger partial charge is 0.258 e. The van der Waals surface area contributed by atoms with Gasteiger partial charge in [-0.1, -0.05) is 0 Å². The standard InChI is InChI=1S/C5H11NO3S2/c6-11(7,8)9-3-5-1-2-10-4-5/h5H,1-4H2,(H2,6,7,8). The summed E-state index contributed by atoms with van der Waals surface area (Å²) in [6.07, 6.45) is 1.03. The van der Waals surface area contributed by atoms with Crippen LogP contribution >= 0.6 is 11.8 Å². The lowest BCUT2D eigenvalue weighted by atomic mass is 10.1. The molecule has 66 valence electrons. The van der Waals surface area contributed by atoms with Crippen LogP contribution in [0.3, 0.4) is 0 Å². The van der Waals surface area contributed by atoms with Crippen LogP contribution in [0.4, 0.5) is 0 Å². The van der Waals surface area contributed by atoms with Gasteiger partial charge in [-0.05, 0) is 23.8 Å². The molecule has 4 nitrogen and oxygen atoms in total. The second-order valence-corrected chi connectivity index (χ2v) is 4.88. The number of hydrogen-bond acceptors (Lipinski definition) is 4. The fourth-order valence-electron chi connectivity index (χ4n) is 0.906. The average molecular weight is 197 g/mol. The molecule has 0 amide bonds. The lowest BCUT2D eigenvalue weighted by molar-refractivity contribution is 0.268. The molecule has 1 saturated heterocycles. The Morgan fingerprint density at radius 2 is 2.36 bits per heavy atom. The molecule has 1 rings (SSSR count). The summed E-state index contributed by atoms with van der Waals surface area (Å²) >= 11 is 1.82. The van der Waals surface area contributed by atoms with Gasteiger partial charge in [0.2, 0.25) is 0 Å². The van der Waals surface area contributed by atoms with Crippen molar-refractivity contribution in [2.45, 2.75) is 6.42 Å². The third-order valence-electron chi connectivity index (χ3n) is 1.49. The molecule has 0 aromatic heterocycles. The Morgan fingerprint density at radius 3 is 2.82 bits per heavy atom. The van der Waals surface area contributed by atoms with E-state index in [0.717, 1.165) is 17.9 Å². The van der Waals surface area contributed by atoms with E-state index in [-0.39, 0.29) is 6.61 Å². The van der Waals surface area contributed by atoms with Crippen molar-refractivity contribution in [3.05, 3.63) is 0 Å². The van der Waals surface area contributed by atoms with E-state index in [0.29, 0.717) is 5.92 Å². The zero-order valence-corrected chi connectivity index (χ0v) is 7.66. The maximum absolute atomic E-state index is 10.3. The second-order valence-electron chi connectivity index (χ2n) is 2.51. The lowest BCUT2D eigenvalue weighted by Gasteiger charge is -2.05. The fourth-order valence-corrected chi connectivity index (χ4v) is 2.55. The van der Waals surface area contributed by atoms with Crippen molar-refractivity contribution in [1.29, 1.82) is 0 Å². The van der Waals surface area contributed by atoms with Crippen LogP contribution in [-0.4, -0.2) is 26.5 Å². The van der Waals surface area contributed by atoms with Crippen LogP contribution in [0.5, 0.6) is 0 Å². The van der Waals surface area contributed by atoms with Gasteiger partial charge in [-0.25, -0.2) is 5.14 Å². The molecule has 0 bridgehead atoms. The summed E-state index contributed by atoms with van der Waals surface area (Å²) in [5, 5.41) is 4.66. The van der Waals surface area contributed by atoms with Crippen molar-refractivity contribution in [2.75, 3.05) is 18.1 Å². The first-order chi connectivity index (χ1) is 5.08. The predicted octanol–water partition coefficient (Wildman–Crippen LogP) is -0.0404. The van der Waals surface area contributed by atoms with Gasteiger partial charge in [0.15, 0.2) is 0 Å². The summed E-state index contributed by atoms with van der Waals surface area (Å²) < 4.78 is 25.1. The normalized spacial score (nSPS) is 25.7. The van der Waals surface area contributed by atoms with Crippen LogP contribution in [0, 0.1) is 5.92 Å². The lowest BCUT2D eigenvalue weighted by Crippen LogP contribution is -2.20. The third kappa shape index (κ3) is 3.95. The quantitative estimate of drug-likeness (QED) is 0.689. The Bertz CT molecular complexity index is 208. The zero-order valence-electron chi connectivity index (χ0n) is 6.02. The number of thioether (sulfide) groups is 1. The second kappa shape index (κ2) is 3.75. The van der Waals surface area contributed by atoms with Gasteiger partial charge in [-0.3, -0.25) is 4.18 Å². The summed E-state index contributed by atoms with van der Waals surface area (Å²) in [5.74, 6) is 2.44. The van der Waals surface area contributed by atoms with Crippen LogP contribution < -0.4 is 5.14 Å². The highest BCUT2D eigenvalue weighted by atomic mass is 32.2. The Labute approximate surface area is 70.7 Å². The largest absolute Gasteiger partial charge is 0.333 e. The highest BCUT2D eigenvalue weighted by molar-refractivity contribution is 7.99. The van der Waals surface area contributed by atoms with Crippen molar-refractivity contribution in [3.63, 3.8) is 0 Å². The SMILES string of the molecule is NS(=O)(=O)OCC1CCSC1. The Morgan fingerprint density at radius 1 is 1.64 bits per heavy atom. The van der Waals surface area contributed by atoms with Gasteiger partial charge in [-0.2, -0.15) is 20.2 Å². The maximum atomic E-state index is 10.3. The number of nitrogens with two attached hydrogens (primary N) is 1. The Kier molecular flexibility index (Phi) is 3.17. The van der Waals surface area contributed by atoms with Gasteiger partial charge in [0, 0.05) is 0 Å². The molecule has 1 atom stereocenters. The molecular formula is C5H11NO3S2. The summed E-state index contributed by atoms with van der Waals surface area (Å²) in [6.45, 7) is 0.242. The summed E-state index contributed by atoms with van der Waals surface area (Å²) in [4.78, 5) is 0. The monoisotopic (exact) mass is 197 g/mol. The van der Waals surface area contributed by atoms with Crippen molar-refractivity contribution in [2.24, 2.45) is 11.1 Å². The highest BCUT2D eigenvalue weighted by Gasteiger charge is 2.17. The summed E-state index contributed by atoms with van der Waals surface area (Å²) in [6, 6.07) is 0. The van der Waals surface area contributed by atoms with Crippen molar-refractivity contribution in [1.82, 2.24) is 0 Å². The fraction of sp³-hybridized carbons (Fsp3) is 1.00. The first-order valence-corrected chi connectivity index (χ1v) is 5.95. The molecule has 0 aromatic carbocycles. The van der Waals surface area contributed by atoms with Gasteiger partial charge >= 0.3 is 10.3 Å². The third-order valence-corrected chi connectivity index (χ3v) is 3.19. The van der Waals surface area contributed by atoms with E-state index >= 15 is 0 Å². The van der Waals surface area contributed by atoms with Crippen LogP contribution in [0.1, 0.15) is 6.42 Å². The minimum absolute atomic E-state index is 0.242. The molecule has 0 aliphatic carbocycles. The van der Waals surface area contributed by atoms with Crippen LogP contribution in [-0.2, 0) is 14.5 Å². The van der Waals surface area contributed by atoms with Gasteiger partial charge in [0.1, 0.15) is 0 Å². The predicted molar refractivity (Wildman–Crippen MR) is 44.5 cm³/mol. The van der Waals surface area contributed by atoms with E-state index < -0.39 is 10.3 Å². The topological polar surface area (TPSA) is 69.4 Å². The first kappa shape index (κ1) is 9.31. The average Bonchev–Trinajstić information content (AvgIpc) is 2.32. The Balaban J connectivity index is 2.22. The minimum atomic E-state index is -3.72. The molecule has 11 heavy (non-hydrogen) atoms. The molecular weight excluding hydrogens is 186 g/mol. The van der Waals surface area contributed by atoms with Gasteiger partial charge < -0.3 is 0 Å². The molecule has 6 heteroatoms. The molecule has 1 fully saturated rings. The van der Waals surface area contributed by atoms with E-state index in [2.05, 4.69) is 9.32 Å². The summed E-state index contributed by atoms with van der Waals surface area (Å²) in [5.41, 5.74) is 0. The Hall–Kier alpha value is 0.220. The molecule has 0 radical (unpaired) electrons. The number of hydrogen-bond donors (Lipinski definition) is 1. The van der Waals surface area contributed by atoms with Gasteiger partial charge in [0.25, 0.3) is 0 Å². The molecule has 1 aliphatic heterocycles. The molecule has 1 aliphatic rings. The minimum Gasteiger partial charge on any atom is -0.258 e. The zero-order chi connectivity index (χ0) is 8.32.